The zero-order valence-corrected chi connectivity index (χ0v) is 14.5. The van der Waals surface area contributed by atoms with Gasteiger partial charge in [0.2, 0.25) is 5.91 Å². The number of amides is 1. The minimum atomic E-state index is 0.0163. The van der Waals surface area contributed by atoms with Gasteiger partial charge in [0, 0.05) is 30.5 Å². The van der Waals surface area contributed by atoms with E-state index in [1.54, 1.807) is 12.5 Å². The summed E-state index contributed by atoms with van der Waals surface area (Å²) in [5, 5.41) is 6.30. The lowest BCUT2D eigenvalue weighted by Gasteiger charge is -2.22. The van der Waals surface area contributed by atoms with Crippen LogP contribution in [0.15, 0.2) is 48.9 Å². The first-order valence-electron chi connectivity index (χ1n) is 8.29. The van der Waals surface area contributed by atoms with E-state index in [1.807, 2.05) is 52.7 Å². The lowest BCUT2D eigenvalue weighted by atomic mass is 10.2. The smallest absolute Gasteiger partial charge is 0.226 e. The fraction of sp³-hybridized carbons (Fsp3) is 0.278. The summed E-state index contributed by atoms with van der Waals surface area (Å²) in [6.45, 7) is 0.970. The molecule has 1 saturated heterocycles. The largest absolute Gasteiger partial charge is 0.325 e. The van der Waals surface area contributed by atoms with E-state index < -0.39 is 0 Å². The third-order valence-corrected chi connectivity index (χ3v) is 5.29. The molecule has 2 N–H and O–H groups in total. The molecule has 3 aromatic rings. The maximum atomic E-state index is 12.2. The minimum Gasteiger partial charge on any atom is -0.325 e. The molecular weight excluding hydrogens is 334 g/mol. The molecule has 0 aliphatic carbocycles. The molecule has 0 radical (unpaired) electrons. The van der Waals surface area contributed by atoms with Crippen molar-refractivity contribution in [1.29, 1.82) is 0 Å². The number of para-hydroxylation sites is 2. The number of rotatable bonds is 4. The summed E-state index contributed by atoms with van der Waals surface area (Å²) in [5.41, 5.74) is 2.65. The number of anilines is 1. The van der Waals surface area contributed by atoms with E-state index >= 15 is 0 Å². The van der Waals surface area contributed by atoms with Crippen molar-refractivity contribution in [3.63, 3.8) is 0 Å². The Balaban J connectivity index is 1.44. The average Bonchev–Trinajstić information content (AvgIpc) is 3.07. The maximum absolute atomic E-state index is 12.2. The van der Waals surface area contributed by atoms with Crippen molar-refractivity contribution in [1.82, 2.24) is 19.9 Å². The number of imidazole rings is 1. The number of thioether (sulfide) groups is 1. The number of hydrogen-bond donors (Lipinski definition) is 2. The molecular formula is C18H19N5OS. The molecule has 4 rings (SSSR count). The van der Waals surface area contributed by atoms with E-state index in [0.717, 1.165) is 34.9 Å². The van der Waals surface area contributed by atoms with Crippen molar-refractivity contribution in [2.45, 2.75) is 12.5 Å². The van der Waals surface area contributed by atoms with E-state index in [2.05, 4.69) is 20.6 Å². The second-order valence-corrected chi connectivity index (χ2v) is 7.14. The van der Waals surface area contributed by atoms with Gasteiger partial charge in [-0.2, -0.15) is 11.8 Å². The molecule has 0 saturated carbocycles. The lowest BCUT2D eigenvalue weighted by Crippen LogP contribution is -2.39. The monoisotopic (exact) mass is 353 g/mol. The number of nitrogens with zero attached hydrogens (tertiary/aromatic N) is 3. The van der Waals surface area contributed by atoms with Gasteiger partial charge < -0.3 is 10.6 Å². The Labute approximate surface area is 150 Å². The molecule has 0 bridgehead atoms. The minimum absolute atomic E-state index is 0.0163. The summed E-state index contributed by atoms with van der Waals surface area (Å²) >= 11 is 1.89. The molecule has 1 aliphatic rings. The van der Waals surface area contributed by atoms with Gasteiger partial charge in [-0.3, -0.25) is 9.36 Å². The van der Waals surface area contributed by atoms with Crippen LogP contribution in [-0.4, -0.2) is 44.5 Å². The van der Waals surface area contributed by atoms with Crippen molar-refractivity contribution in [3.8, 4) is 5.82 Å². The summed E-state index contributed by atoms with van der Waals surface area (Å²) in [6.07, 6.45) is 3.93. The van der Waals surface area contributed by atoms with Gasteiger partial charge in [-0.1, -0.05) is 12.1 Å². The van der Waals surface area contributed by atoms with E-state index in [0.29, 0.717) is 12.1 Å². The van der Waals surface area contributed by atoms with Crippen LogP contribution in [0.4, 0.5) is 5.69 Å². The molecule has 128 valence electrons. The number of hydrogen-bond acceptors (Lipinski definition) is 5. The van der Waals surface area contributed by atoms with Crippen molar-refractivity contribution in [2.75, 3.05) is 23.4 Å². The summed E-state index contributed by atoms with van der Waals surface area (Å²) in [6, 6.07) is 11.9. The highest BCUT2D eigenvalue weighted by Gasteiger charge is 2.16. The highest BCUT2D eigenvalue weighted by Crippen LogP contribution is 2.18. The normalized spacial score (nSPS) is 17.5. The predicted octanol–water partition coefficient (Wildman–Crippen LogP) is 2.45. The number of fused-ring (bicyclic) bond motifs is 1. The Morgan fingerprint density at radius 3 is 3.00 bits per heavy atom. The van der Waals surface area contributed by atoms with Gasteiger partial charge in [-0.05, 0) is 24.3 Å². The van der Waals surface area contributed by atoms with Crippen LogP contribution in [0.3, 0.4) is 0 Å². The maximum Gasteiger partial charge on any atom is 0.226 e. The highest BCUT2D eigenvalue weighted by atomic mass is 32.2. The van der Waals surface area contributed by atoms with Crippen molar-refractivity contribution in [3.05, 3.63) is 48.9 Å². The zero-order chi connectivity index (χ0) is 17.1. The topological polar surface area (TPSA) is 71.8 Å². The van der Waals surface area contributed by atoms with E-state index in [-0.39, 0.29) is 11.9 Å². The van der Waals surface area contributed by atoms with E-state index in [1.165, 1.54) is 0 Å². The fourth-order valence-electron chi connectivity index (χ4n) is 2.93. The summed E-state index contributed by atoms with van der Waals surface area (Å²) < 4.78 is 1.93. The van der Waals surface area contributed by atoms with Crippen LogP contribution in [-0.2, 0) is 4.79 Å². The molecule has 2 aromatic heterocycles. The Morgan fingerprint density at radius 2 is 2.20 bits per heavy atom. The zero-order valence-electron chi connectivity index (χ0n) is 13.7. The Hall–Kier alpha value is -2.38. The predicted molar refractivity (Wildman–Crippen MR) is 101 cm³/mol. The van der Waals surface area contributed by atoms with E-state index in [9.17, 15) is 4.79 Å². The number of nitrogens with one attached hydrogen (secondary N) is 2. The molecule has 1 atom stereocenters. The summed E-state index contributed by atoms with van der Waals surface area (Å²) in [4.78, 5) is 21.0. The molecule has 25 heavy (non-hydrogen) atoms. The van der Waals surface area contributed by atoms with Crippen molar-refractivity contribution >= 4 is 34.4 Å². The summed E-state index contributed by atoms with van der Waals surface area (Å²) in [7, 11) is 0. The first-order chi connectivity index (χ1) is 12.3. The van der Waals surface area contributed by atoms with Crippen LogP contribution < -0.4 is 10.6 Å². The first-order valence-corrected chi connectivity index (χ1v) is 9.44. The van der Waals surface area contributed by atoms with Gasteiger partial charge in [0.05, 0.1) is 22.9 Å². The second kappa shape index (κ2) is 7.25. The number of pyridine rings is 1. The van der Waals surface area contributed by atoms with Crippen LogP contribution in [0.5, 0.6) is 0 Å². The number of carbonyl (C=O) groups is 1. The Bertz CT molecular complexity index is 871. The van der Waals surface area contributed by atoms with Crippen LogP contribution in [0.2, 0.25) is 0 Å². The molecule has 0 spiro atoms. The van der Waals surface area contributed by atoms with E-state index in [4.69, 9.17) is 0 Å². The van der Waals surface area contributed by atoms with Gasteiger partial charge in [-0.15, -0.1) is 0 Å². The van der Waals surface area contributed by atoms with Crippen LogP contribution in [0.25, 0.3) is 16.9 Å². The van der Waals surface area contributed by atoms with Crippen LogP contribution >= 0.6 is 11.8 Å². The SMILES string of the molecule is O=C(CC1CSCCN1)Nc1ccc(-n2cnc3ccccc32)nc1. The van der Waals surface area contributed by atoms with Gasteiger partial charge in [0.15, 0.2) is 0 Å². The van der Waals surface area contributed by atoms with Crippen molar-refractivity contribution in [2.24, 2.45) is 0 Å². The molecule has 3 heterocycles. The van der Waals surface area contributed by atoms with Crippen LogP contribution in [0, 0.1) is 0 Å². The number of benzene rings is 1. The quantitative estimate of drug-likeness (QED) is 0.754. The van der Waals surface area contributed by atoms with Crippen LogP contribution in [0.1, 0.15) is 6.42 Å². The molecule has 1 unspecified atom stereocenters. The molecule has 1 amide bonds. The third-order valence-electron chi connectivity index (χ3n) is 4.16. The molecule has 1 fully saturated rings. The fourth-order valence-corrected chi connectivity index (χ4v) is 3.88. The Morgan fingerprint density at radius 1 is 1.28 bits per heavy atom. The van der Waals surface area contributed by atoms with Gasteiger partial charge in [0.25, 0.3) is 0 Å². The van der Waals surface area contributed by atoms with Gasteiger partial charge in [-0.25, -0.2) is 9.97 Å². The van der Waals surface area contributed by atoms with Gasteiger partial charge >= 0.3 is 0 Å². The Kier molecular flexibility index (Phi) is 4.67. The molecule has 1 aromatic carbocycles. The van der Waals surface area contributed by atoms with Crippen molar-refractivity contribution < 1.29 is 4.79 Å². The molecule has 6 nitrogen and oxygen atoms in total. The molecule has 1 aliphatic heterocycles. The highest BCUT2D eigenvalue weighted by molar-refractivity contribution is 7.99. The molecule has 7 heteroatoms. The standard InChI is InChI=1S/C18H19N5OS/c24-18(9-14-11-25-8-7-19-14)22-13-5-6-17(20-10-13)23-12-21-15-3-1-2-4-16(15)23/h1-6,10,12,14,19H,7-9,11H2,(H,22,24). The first kappa shape index (κ1) is 16.1. The number of aromatic nitrogens is 3. The summed E-state index contributed by atoms with van der Waals surface area (Å²) in [5.74, 6) is 2.89. The average molecular weight is 353 g/mol. The van der Waals surface area contributed by atoms with Gasteiger partial charge in [0.1, 0.15) is 12.1 Å². The second-order valence-electron chi connectivity index (χ2n) is 5.99. The lowest BCUT2D eigenvalue weighted by molar-refractivity contribution is -0.116. The number of carbonyl (C=O) groups excluding carboxylic acids is 1. The third kappa shape index (κ3) is 3.67.